The number of hydrogen-bond donors (Lipinski definition) is 3. The Labute approximate surface area is 223 Å². The second-order valence-corrected chi connectivity index (χ2v) is 12.4. The maximum absolute atomic E-state index is 3.80. The van der Waals surface area contributed by atoms with Crippen LogP contribution in [0.4, 0.5) is 11.4 Å². The summed E-state index contributed by atoms with van der Waals surface area (Å²) in [5.41, 5.74) is 11.3. The third-order valence-corrected chi connectivity index (χ3v) is 7.26. The molecule has 0 bridgehead atoms. The monoisotopic (exact) mass is 493 g/mol. The van der Waals surface area contributed by atoms with E-state index in [1.807, 2.05) is 0 Å². The van der Waals surface area contributed by atoms with Crippen molar-refractivity contribution in [2.24, 2.45) is 0 Å². The van der Waals surface area contributed by atoms with Gasteiger partial charge >= 0.3 is 0 Å². The SMILES string of the molecule is CC(C)c1cc(C(C)C)c(NCCNCNc2c(C(C)C)cc(C(C)C)cc2C(C)C)c(C(C)C)c1. The van der Waals surface area contributed by atoms with Gasteiger partial charge in [-0.1, -0.05) is 107 Å². The highest BCUT2D eigenvalue weighted by Gasteiger charge is 2.18. The molecule has 202 valence electrons. The first-order valence-electron chi connectivity index (χ1n) is 14.4. The minimum atomic E-state index is 0.489. The molecule has 2 aromatic carbocycles. The van der Waals surface area contributed by atoms with Crippen molar-refractivity contribution < 1.29 is 0 Å². The molecule has 0 aliphatic carbocycles. The van der Waals surface area contributed by atoms with Crippen molar-refractivity contribution in [3.63, 3.8) is 0 Å². The van der Waals surface area contributed by atoms with Gasteiger partial charge < -0.3 is 10.6 Å². The van der Waals surface area contributed by atoms with Crippen LogP contribution >= 0.6 is 0 Å². The van der Waals surface area contributed by atoms with Crippen LogP contribution in [-0.2, 0) is 0 Å². The molecule has 0 heterocycles. The predicted octanol–water partition coefficient (Wildman–Crippen LogP) is 9.50. The average Bonchev–Trinajstić information content (AvgIpc) is 2.79. The molecule has 2 rings (SSSR count). The summed E-state index contributed by atoms with van der Waals surface area (Å²) in [6, 6.07) is 9.65. The zero-order chi connectivity index (χ0) is 27.2. The van der Waals surface area contributed by atoms with E-state index in [-0.39, 0.29) is 0 Å². The Morgan fingerprint density at radius 1 is 0.444 bits per heavy atom. The Morgan fingerprint density at radius 3 is 1.08 bits per heavy atom. The van der Waals surface area contributed by atoms with Crippen LogP contribution in [0, 0.1) is 0 Å². The molecule has 36 heavy (non-hydrogen) atoms. The zero-order valence-corrected chi connectivity index (χ0v) is 25.4. The molecule has 2 aromatic rings. The van der Waals surface area contributed by atoms with Crippen LogP contribution in [0.5, 0.6) is 0 Å². The molecule has 0 radical (unpaired) electrons. The van der Waals surface area contributed by atoms with E-state index < -0.39 is 0 Å². The lowest BCUT2D eigenvalue weighted by atomic mass is 9.87. The Bertz CT molecular complexity index is 829. The summed E-state index contributed by atoms with van der Waals surface area (Å²) >= 11 is 0. The molecule has 0 spiro atoms. The van der Waals surface area contributed by atoms with Gasteiger partial charge in [-0.2, -0.15) is 0 Å². The molecule has 0 aromatic heterocycles. The first kappa shape index (κ1) is 30.2. The highest BCUT2D eigenvalue weighted by molar-refractivity contribution is 5.63. The molecule has 0 aliphatic rings. The Kier molecular flexibility index (Phi) is 11.3. The van der Waals surface area contributed by atoms with Gasteiger partial charge in [-0.05, 0) is 68.9 Å². The summed E-state index contributed by atoms with van der Waals surface area (Å²) in [6.07, 6.45) is 0. The van der Waals surface area contributed by atoms with E-state index in [9.17, 15) is 0 Å². The third kappa shape index (κ3) is 7.75. The molecule has 0 unspecified atom stereocenters. The minimum Gasteiger partial charge on any atom is -0.383 e. The number of benzene rings is 2. The van der Waals surface area contributed by atoms with Crippen molar-refractivity contribution in [1.29, 1.82) is 0 Å². The minimum absolute atomic E-state index is 0.489. The van der Waals surface area contributed by atoms with Gasteiger partial charge in [-0.25, -0.2) is 0 Å². The first-order valence-corrected chi connectivity index (χ1v) is 14.4. The van der Waals surface area contributed by atoms with Crippen molar-refractivity contribution >= 4 is 11.4 Å². The van der Waals surface area contributed by atoms with Crippen LogP contribution in [0.2, 0.25) is 0 Å². The van der Waals surface area contributed by atoms with Gasteiger partial charge in [0.25, 0.3) is 0 Å². The number of rotatable bonds is 13. The second kappa shape index (κ2) is 13.5. The molecule has 3 N–H and O–H groups in total. The Hall–Kier alpha value is -2.00. The van der Waals surface area contributed by atoms with Crippen molar-refractivity contribution in [2.45, 2.75) is 119 Å². The van der Waals surface area contributed by atoms with Crippen LogP contribution in [-0.4, -0.2) is 19.8 Å². The maximum Gasteiger partial charge on any atom is 0.0653 e. The molecule has 3 nitrogen and oxygen atoms in total. The topological polar surface area (TPSA) is 36.1 Å². The number of hydrogen-bond acceptors (Lipinski definition) is 3. The van der Waals surface area contributed by atoms with E-state index in [1.165, 1.54) is 44.8 Å². The van der Waals surface area contributed by atoms with Gasteiger partial charge in [0.15, 0.2) is 0 Å². The fraction of sp³-hybridized carbons (Fsp3) is 0.636. The molecule has 3 heteroatoms. The van der Waals surface area contributed by atoms with Crippen LogP contribution < -0.4 is 16.0 Å². The average molecular weight is 494 g/mol. The van der Waals surface area contributed by atoms with Gasteiger partial charge in [-0.3, -0.25) is 5.32 Å². The predicted molar refractivity (Wildman–Crippen MR) is 162 cm³/mol. The van der Waals surface area contributed by atoms with E-state index in [0.29, 0.717) is 35.5 Å². The van der Waals surface area contributed by atoms with E-state index >= 15 is 0 Å². The van der Waals surface area contributed by atoms with Gasteiger partial charge in [0, 0.05) is 24.5 Å². The van der Waals surface area contributed by atoms with Crippen LogP contribution in [0.25, 0.3) is 0 Å². The quantitative estimate of drug-likeness (QED) is 0.192. The molecular weight excluding hydrogens is 438 g/mol. The van der Waals surface area contributed by atoms with E-state index in [1.54, 1.807) is 0 Å². The lowest BCUT2D eigenvalue weighted by Crippen LogP contribution is -2.28. The highest BCUT2D eigenvalue weighted by atomic mass is 15.1. The number of anilines is 2. The summed E-state index contributed by atoms with van der Waals surface area (Å²) in [5.74, 6) is 3.06. The Balaban J connectivity index is 2.11. The van der Waals surface area contributed by atoms with Gasteiger partial charge in [0.05, 0.1) is 6.67 Å². The van der Waals surface area contributed by atoms with E-state index in [2.05, 4.69) is 123 Å². The third-order valence-electron chi connectivity index (χ3n) is 7.26. The van der Waals surface area contributed by atoms with E-state index in [4.69, 9.17) is 0 Å². The van der Waals surface area contributed by atoms with Gasteiger partial charge in [0.2, 0.25) is 0 Å². The lowest BCUT2D eigenvalue weighted by molar-refractivity contribution is 0.734. The molecule has 0 fully saturated rings. The van der Waals surface area contributed by atoms with Crippen LogP contribution in [0.15, 0.2) is 24.3 Å². The van der Waals surface area contributed by atoms with Gasteiger partial charge in [-0.15, -0.1) is 0 Å². The summed E-state index contributed by atoms with van der Waals surface area (Å²) in [5, 5.41) is 11.2. The summed E-state index contributed by atoms with van der Waals surface area (Å²) in [6.45, 7) is 30.2. The fourth-order valence-corrected chi connectivity index (χ4v) is 4.84. The van der Waals surface area contributed by atoms with Crippen molar-refractivity contribution in [2.75, 3.05) is 30.4 Å². The molecule has 0 atom stereocenters. The Morgan fingerprint density at radius 2 is 0.778 bits per heavy atom. The summed E-state index contributed by atoms with van der Waals surface area (Å²) in [7, 11) is 0. The molecule has 0 saturated carbocycles. The lowest BCUT2D eigenvalue weighted by Gasteiger charge is -2.25. The first-order chi connectivity index (χ1) is 16.8. The molecule has 0 aliphatic heterocycles. The largest absolute Gasteiger partial charge is 0.383 e. The number of nitrogens with one attached hydrogen (secondary N) is 3. The van der Waals surface area contributed by atoms with Gasteiger partial charge in [0.1, 0.15) is 0 Å². The second-order valence-electron chi connectivity index (χ2n) is 12.4. The fourth-order valence-electron chi connectivity index (χ4n) is 4.84. The smallest absolute Gasteiger partial charge is 0.0653 e. The molecule has 0 saturated heterocycles. The van der Waals surface area contributed by atoms with Crippen LogP contribution in [0.3, 0.4) is 0 Å². The molecule has 0 amide bonds. The van der Waals surface area contributed by atoms with Crippen molar-refractivity contribution in [3.05, 3.63) is 57.6 Å². The normalized spacial score (nSPS) is 12.2. The summed E-state index contributed by atoms with van der Waals surface area (Å²) in [4.78, 5) is 0. The van der Waals surface area contributed by atoms with E-state index in [0.717, 1.165) is 19.8 Å². The maximum atomic E-state index is 3.80. The van der Waals surface area contributed by atoms with Crippen LogP contribution in [0.1, 0.15) is 152 Å². The van der Waals surface area contributed by atoms with Crippen molar-refractivity contribution in [3.8, 4) is 0 Å². The summed E-state index contributed by atoms with van der Waals surface area (Å²) < 4.78 is 0. The zero-order valence-electron chi connectivity index (χ0n) is 25.4. The molecular formula is C33H55N3. The highest BCUT2D eigenvalue weighted by Crippen LogP contribution is 2.37. The van der Waals surface area contributed by atoms with Crippen molar-refractivity contribution in [1.82, 2.24) is 5.32 Å². The standard InChI is InChI=1S/C33H55N3/c1-20(2)26-15-28(22(5)6)32(29(16-26)23(7)8)35-14-13-34-19-36-33-30(24(9)10)17-27(21(3)4)18-31(33)25(11)12/h15-18,20-25,34-36H,13-14,19H2,1-12H3.